The lowest BCUT2D eigenvalue weighted by Crippen LogP contribution is -2.41. The quantitative estimate of drug-likeness (QED) is 0.659. The third-order valence-electron chi connectivity index (χ3n) is 2.24. The zero-order valence-electron chi connectivity index (χ0n) is 10.7. The summed E-state index contributed by atoms with van der Waals surface area (Å²) in [5, 5.41) is 14.4. The van der Waals surface area contributed by atoms with Crippen LogP contribution in [0.2, 0.25) is 0 Å². The number of hydrogen-bond acceptors (Lipinski definition) is 3. The molecule has 0 aliphatic heterocycles. The van der Waals surface area contributed by atoms with E-state index in [9.17, 15) is 18.7 Å². The lowest BCUT2D eigenvalue weighted by atomic mass is 10.3. The van der Waals surface area contributed by atoms with E-state index in [4.69, 9.17) is 4.74 Å². The topological polar surface area (TPSA) is 70.6 Å². The predicted octanol–water partition coefficient (Wildman–Crippen LogP) is 1.19. The van der Waals surface area contributed by atoms with Gasteiger partial charge >= 0.3 is 6.03 Å². The minimum atomic E-state index is -1.03. The predicted molar refractivity (Wildman–Crippen MR) is 69.5 cm³/mol. The minimum Gasteiger partial charge on any atom is -0.491 e. The highest BCUT2D eigenvalue weighted by Crippen LogP contribution is 2.15. The molecule has 0 aliphatic carbocycles. The molecule has 0 spiro atoms. The van der Waals surface area contributed by atoms with Crippen molar-refractivity contribution in [1.82, 2.24) is 10.6 Å². The molecule has 0 saturated carbocycles. The maximum Gasteiger partial charge on any atom is 0.315 e. The molecule has 1 rings (SSSR count). The monoisotopic (exact) mass is 286 g/mol. The number of carbonyl (C=O) groups is 1. The molecule has 1 atom stereocenters. The molecule has 0 aliphatic rings. The molecule has 0 heterocycles. The summed E-state index contributed by atoms with van der Waals surface area (Å²) in [6, 6.07) is 2.61. The van der Waals surface area contributed by atoms with Crippen molar-refractivity contribution in [2.45, 2.75) is 6.10 Å². The van der Waals surface area contributed by atoms with Crippen LogP contribution in [0.5, 0.6) is 5.75 Å². The van der Waals surface area contributed by atoms with Crippen molar-refractivity contribution >= 4 is 6.03 Å². The lowest BCUT2D eigenvalue weighted by Gasteiger charge is -2.13. The Balaban J connectivity index is 2.28. The molecule has 20 heavy (non-hydrogen) atoms. The summed E-state index contributed by atoms with van der Waals surface area (Å²) in [5.41, 5.74) is 0. The Morgan fingerprint density at radius 2 is 2.15 bits per heavy atom. The van der Waals surface area contributed by atoms with Crippen LogP contribution in [-0.2, 0) is 0 Å². The number of nitrogens with one attached hydrogen (secondary N) is 2. The molecule has 3 N–H and O–H groups in total. The van der Waals surface area contributed by atoms with Crippen LogP contribution in [0.1, 0.15) is 0 Å². The third-order valence-corrected chi connectivity index (χ3v) is 2.24. The van der Waals surface area contributed by atoms with Gasteiger partial charge in [-0.1, -0.05) is 6.08 Å². The van der Waals surface area contributed by atoms with Crippen molar-refractivity contribution in [3.8, 4) is 5.75 Å². The van der Waals surface area contributed by atoms with Gasteiger partial charge in [0.2, 0.25) is 0 Å². The normalized spacial score (nSPS) is 11.6. The van der Waals surface area contributed by atoms with Crippen molar-refractivity contribution in [1.29, 1.82) is 0 Å². The summed E-state index contributed by atoms with van der Waals surface area (Å²) in [7, 11) is 0. The van der Waals surface area contributed by atoms with Gasteiger partial charge in [0.05, 0.1) is 0 Å². The number of urea groups is 1. The van der Waals surface area contributed by atoms with E-state index in [1.165, 1.54) is 12.1 Å². The van der Waals surface area contributed by atoms with Crippen LogP contribution in [0.3, 0.4) is 0 Å². The standard InChI is InChI=1S/C13H16F2N2O3/c1-2-5-16-13(19)17-7-9(18)8-20-10-3-4-11(14)12(15)6-10/h2-4,6,9,18H,1,5,7-8H2,(H2,16,17,19). The molecule has 1 aromatic rings. The maximum atomic E-state index is 12.9. The second kappa shape index (κ2) is 8.11. The largest absolute Gasteiger partial charge is 0.491 e. The number of hydrogen-bond donors (Lipinski definition) is 3. The first-order valence-corrected chi connectivity index (χ1v) is 5.91. The van der Waals surface area contributed by atoms with Gasteiger partial charge in [0.1, 0.15) is 18.5 Å². The highest BCUT2D eigenvalue weighted by Gasteiger charge is 2.09. The van der Waals surface area contributed by atoms with Gasteiger partial charge in [-0.3, -0.25) is 0 Å². The molecule has 2 amide bonds. The van der Waals surface area contributed by atoms with Crippen molar-refractivity contribution in [3.05, 3.63) is 42.5 Å². The van der Waals surface area contributed by atoms with E-state index in [1.54, 1.807) is 0 Å². The van der Waals surface area contributed by atoms with Gasteiger partial charge < -0.3 is 20.5 Å². The first-order valence-electron chi connectivity index (χ1n) is 5.91. The Hall–Kier alpha value is -2.15. The van der Waals surface area contributed by atoms with Crippen molar-refractivity contribution in [3.63, 3.8) is 0 Å². The molecule has 5 nitrogen and oxygen atoms in total. The average Bonchev–Trinajstić information content (AvgIpc) is 2.44. The Labute approximate surface area is 115 Å². The second-order valence-electron chi connectivity index (χ2n) is 3.92. The fourth-order valence-electron chi connectivity index (χ4n) is 1.26. The van der Waals surface area contributed by atoms with E-state index >= 15 is 0 Å². The number of halogens is 2. The van der Waals surface area contributed by atoms with E-state index in [1.807, 2.05) is 0 Å². The number of aliphatic hydroxyl groups is 1. The first kappa shape index (κ1) is 15.9. The maximum absolute atomic E-state index is 12.9. The van der Waals surface area contributed by atoms with Gasteiger partial charge in [0.25, 0.3) is 0 Å². The van der Waals surface area contributed by atoms with E-state index in [2.05, 4.69) is 17.2 Å². The Morgan fingerprint density at radius 3 is 2.80 bits per heavy atom. The fourth-order valence-corrected chi connectivity index (χ4v) is 1.26. The number of aliphatic hydroxyl groups excluding tert-OH is 1. The van der Waals surface area contributed by atoms with E-state index in [0.29, 0.717) is 6.54 Å². The molecule has 1 aromatic carbocycles. The van der Waals surface area contributed by atoms with Crippen LogP contribution in [-0.4, -0.2) is 36.9 Å². The van der Waals surface area contributed by atoms with Crippen LogP contribution < -0.4 is 15.4 Å². The molecule has 110 valence electrons. The van der Waals surface area contributed by atoms with Crippen molar-refractivity contribution in [2.75, 3.05) is 19.7 Å². The minimum absolute atomic E-state index is 0.0351. The highest BCUT2D eigenvalue weighted by atomic mass is 19.2. The molecule has 0 fully saturated rings. The number of carbonyl (C=O) groups excluding carboxylic acids is 1. The molecular formula is C13H16F2N2O3. The van der Waals surface area contributed by atoms with Crippen LogP contribution in [0.15, 0.2) is 30.9 Å². The second-order valence-corrected chi connectivity index (χ2v) is 3.92. The van der Waals surface area contributed by atoms with Crippen LogP contribution in [0, 0.1) is 11.6 Å². The molecule has 0 saturated heterocycles. The zero-order valence-corrected chi connectivity index (χ0v) is 10.7. The van der Waals surface area contributed by atoms with Gasteiger partial charge in [-0.05, 0) is 12.1 Å². The molecule has 0 radical (unpaired) electrons. The Bertz CT molecular complexity index is 469. The average molecular weight is 286 g/mol. The zero-order chi connectivity index (χ0) is 15.0. The Morgan fingerprint density at radius 1 is 1.40 bits per heavy atom. The van der Waals surface area contributed by atoms with E-state index in [0.717, 1.165) is 12.1 Å². The molecule has 7 heteroatoms. The number of rotatable bonds is 7. The van der Waals surface area contributed by atoms with Crippen LogP contribution in [0.25, 0.3) is 0 Å². The smallest absolute Gasteiger partial charge is 0.315 e. The van der Waals surface area contributed by atoms with Crippen molar-refractivity contribution in [2.24, 2.45) is 0 Å². The summed E-state index contributed by atoms with van der Waals surface area (Å²) >= 11 is 0. The van der Waals surface area contributed by atoms with Gasteiger partial charge in [-0.2, -0.15) is 0 Å². The van der Waals surface area contributed by atoms with E-state index < -0.39 is 23.8 Å². The first-order chi connectivity index (χ1) is 9.52. The lowest BCUT2D eigenvalue weighted by molar-refractivity contribution is 0.107. The Kier molecular flexibility index (Phi) is 6.45. The molecular weight excluding hydrogens is 270 g/mol. The summed E-state index contributed by atoms with van der Waals surface area (Å²) in [4.78, 5) is 11.1. The van der Waals surface area contributed by atoms with Crippen molar-refractivity contribution < 1.29 is 23.4 Å². The van der Waals surface area contributed by atoms with Gasteiger partial charge in [-0.25, -0.2) is 13.6 Å². The van der Waals surface area contributed by atoms with Crippen LogP contribution in [0.4, 0.5) is 13.6 Å². The number of amides is 2. The van der Waals surface area contributed by atoms with Crippen LogP contribution >= 0.6 is 0 Å². The number of ether oxygens (including phenoxy) is 1. The fraction of sp³-hybridized carbons (Fsp3) is 0.308. The van der Waals surface area contributed by atoms with Gasteiger partial charge in [0.15, 0.2) is 11.6 Å². The van der Waals surface area contributed by atoms with E-state index in [-0.39, 0.29) is 18.9 Å². The van der Waals surface area contributed by atoms with Gasteiger partial charge in [-0.15, -0.1) is 6.58 Å². The van der Waals surface area contributed by atoms with Gasteiger partial charge in [0, 0.05) is 19.2 Å². The summed E-state index contributed by atoms with van der Waals surface area (Å²) in [6.07, 6.45) is 0.542. The summed E-state index contributed by atoms with van der Waals surface area (Å²) in [5.74, 6) is -1.91. The SMILES string of the molecule is C=CCNC(=O)NCC(O)COc1ccc(F)c(F)c1. The number of benzene rings is 1. The summed E-state index contributed by atoms with van der Waals surface area (Å²) in [6.45, 7) is 3.55. The summed E-state index contributed by atoms with van der Waals surface area (Å²) < 4.78 is 30.6. The molecule has 0 aromatic heterocycles. The third kappa shape index (κ3) is 5.66. The highest BCUT2D eigenvalue weighted by molar-refractivity contribution is 5.73. The molecule has 0 bridgehead atoms. The molecule has 1 unspecified atom stereocenters.